The van der Waals surface area contributed by atoms with E-state index >= 15 is 0 Å². The summed E-state index contributed by atoms with van der Waals surface area (Å²) in [5.74, 6) is 5.59. The Kier molecular flexibility index (Phi) is 6.17. The molecule has 118 valence electrons. The molecule has 2 rings (SSSR count). The number of nitrogens with one attached hydrogen (secondary N) is 1. The summed E-state index contributed by atoms with van der Waals surface area (Å²) in [4.78, 5) is 0. The van der Waals surface area contributed by atoms with E-state index in [-0.39, 0.29) is 17.5 Å². The van der Waals surface area contributed by atoms with Gasteiger partial charge in [-0.2, -0.15) is 0 Å². The number of nitrogens with two attached hydrogens (primary N) is 1. The Morgan fingerprint density at radius 1 is 1.33 bits per heavy atom. The molecule has 0 radical (unpaired) electrons. The van der Waals surface area contributed by atoms with E-state index in [9.17, 15) is 4.39 Å². The first-order valence-corrected chi connectivity index (χ1v) is 8.36. The molecule has 0 heterocycles. The molecule has 3 nitrogen and oxygen atoms in total. The summed E-state index contributed by atoms with van der Waals surface area (Å²) >= 11 is 3.40. The summed E-state index contributed by atoms with van der Waals surface area (Å²) in [5, 5.41) is 0. The van der Waals surface area contributed by atoms with Crippen LogP contribution in [0.1, 0.15) is 44.1 Å². The molecular formula is C16H24BrFN2O. The normalized spacial score (nSPS) is 20.0. The molecule has 1 aliphatic rings. The minimum absolute atomic E-state index is 0.0931. The van der Waals surface area contributed by atoms with Gasteiger partial charge in [0, 0.05) is 11.6 Å². The maximum Gasteiger partial charge on any atom is 0.126 e. The zero-order chi connectivity index (χ0) is 15.3. The smallest absolute Gasteiger partial charge is 0.126 e. The van der Waals surface area contributed by atoms with Gasteiger partial charge in [-0.25, -0.2) is 4.39 Å². The Bertz CT molecular complexity index is 462. The number of rotatable bonds is 5. The molecule has 0 bridgehead atoms. The van der Waals surface area contributed by atoms with Gasteiger partial charge in [0.25, 0.3) is 0 Å². The maximum atomic E-state index is 14.0. The standard InChI is InChI=1S/C16H24BrFN2O/c1-21-16(8-4-2-3-5-9-16)15(20-19)11-12-10-13(17)6-7-14(12)18/h6-7,10,15,20H,2-5,8-9,11,19H2,1H3. The van der Waals surface area contributed by atoms with Gasteiger partial charge in [0.15, 0.2) is 0 Å². The van der Waals surface area contributed by atoms with E-state index in [0.29, 0.717) is 12.0 Å². The van der Waals surface area contributed by atoms with Crippen molar-refractivity contribution >= 4 is 15.9 Å². The molecule has 0 saturated heterocycles. The summed E-state index contributed by atoms with van der Waals surface area (Å²) in [6.45, 7) is 0. The molecule has 1 aromatic carbocycles. The van der Waals surface area contributed by atoms with E-state index in [1.807, 2.05) is 6.07 Å². The number of hydrogen-bond acceptors (Lipinski definition) is 3. The average Bonchev–Trinajstić information content (AvgIpc) is 2.74. The number of benzene rings is 1. The first kappa shape index (κ1) is 16.9. The van der Waals surface area contributed by atoms with Crippen molar-refractivity contribution < 1.29 is 9.13 Å². The molecule has 1 fully saturated rings. The Morgan fingerprint density at radius 3 is 2.57 bits per heavy atom. The Hall–Kier alpha value is -0.490. The third kappa shape index (κ3) is 4.03. The fourth-order valence-corrected chi connectivity index (χ4v) is 3.75. The van der Waals surface area contributed by atoms with Crippen LogP contribution in [-0.4, -0.2) is 18.8 Å². The number of hydrazine groups is 1. The van der Waals surface area contributed by atoms with E-state index in [4.69, 9.17) is 10.6 Å². The fourth-order valence-electron chi connectivity index (χ4n) is 3.34. The lowest BCUT2D eigenvalue weighted by Gasteiger charge is -2.39. The molecule has 0 aliphatic heterocycles. The summed E-state index contributed by atoms with van der Waals surface area (Å²) < 4.78 is 20.8. The molecule has 5 heteroatoms. The molecule has 0 aromatic heterocycles. The van der Waals surface area contributed by atoms with Crippen LogP contribution >= 0.6 is 15.9 Å². The highest BCUT2D eigenvalue weighted by Crippen LogP contribution is 2.34. The zero-order valence-electron chi connectivity index (χ0n) is 12.5. The van der Waals surface area contributed by atoms with Gasteiger partial charge in [0.2, 0.25) is 0 Å². The molecule has 1 aliphatic carbocycles. The SMILES string of the molecule is COC1(C(Cc2cc(Br)ccc2F)NN)CCCCCC1. The lowest BCUT2D eigenvalue weighted by Crippen LogP contribution is -2.55. The van der Waals surface area contributed by atoms with Crippen LogP contribution in [-0.2, 0) is 11.2 Å². The van der Waals surface area contributed by atoms with Crippen LogP contribution in [0.2, 0.25) is 0 Å². The van der Waals surface area contributed by atoms with Crippen molar-refractivity contribution in [3.05, 3.63) is 34.1 Å². The molecule has 0 amide bonds. The van der Waals surface area contributed by atoms with Crippen molar-refractivity contribution in [3.63, 3.8) is 0 Å². The van der Waals surface area contributed by atoms with Crippen LogP contribution in [0.5, 0.6) is 0 Å². The molecule has 21 heavy (non-hydrogen) atoms. The third-order valence-electron chi connectivity index (χ3n) is 4.62. The van der Waals surface area contributed by atoms with E-state index in [1.54, 1.807) is 13.2 Å². The van der Waals surface area contributed by atoms with Crippen LogP contribution in [0, 0.1) is 5.82 Å². The van der Waals surface area contributed by atoms with Gasteiger partial charge < -0.3 is 4.74 Å². The van der Waals surface area contributed by atoms with Crippen molar-refractivity contribution in [2.75, 3.05) is 7.11 Å². The van der Waals surface area contributed by atoms with Crippen LogP contribution in [0.4, 0.5) is 4.39 Å². The largest absolute Gasteiger partial charge is 0.377 e. The number of hydrogen-bond donors (Lipinski definition) is 2. The number of halogens is 2. The van der Waals surface area contributed by atoms with Gasteiger partial charge in [-0.3, -0.25) is 11.3 Å². The van der Waals surface area contributed by atoms with Crippen LogP contribution in [0.25, 0.3) is 0 Å². The van der Waals surface area contributed by atoms with Crippen molar-refractivity contribution in [1.82, 2.24) is 5.43 Å². The zero-order valence-corrected chi connectivity index (χ0v) is 14.1. The lowest BCUT2D eigenvalue weighted by molar-refractivity contribution is -0.0528. The van der Waals surface area contributed by atoms with Crippen LogP contribution < -0.4 is 11.3 Å². The van der Waals surface area contributed by atoms with Crippen molar-refractivity contribution in [2.45, 2.75) is 56.6 Å². The summed E-state index contributed by atoms with van der Waals surface area (Å²) in [6.07, 6.45) is 7.18. The average molecular weight is 359 g/mol. The minimum atomic E-state index is -0.306. The van der Waals surface area contributed by atoms with Gasteiger partial charge in [0.05, 0.1) is 11.6 Å². The first-order valence-electron chi connectivity index (χ1n) is 7.56. The molecule has 1 saturated carbocycles. The van der Waals surface area contributed by atoms with Gasteiger partial charge in [-0.05, 0) is 43.0 Å². The highest BCUT2D eigenvalue weighted by atomic mass is 79.9. The molecule has 3 N–H and O–H groups in total. The molecule has 1 aromatic rings. The first-order chi connectivity index (χ1) is 10.1. The van der Waals surface area contributed by atoms with Gasteiger partial charge >= 0.3 is 0 Å². The number of ether oxygens (including phenoxy) is 1. The van der Waals surface area contributed by atoms with E-state index < -0.39 is 0 Å². The summed E-state index contributed by atoms with van der Waals surface area (Å²) in [6, 6.07) is 4.92. The van der Waals surface area contributed by atoms with Crippen LogP contribution in [0.3, 0.4) is 0 Å². The molecule has 0 spiro atoms. The molecule has 1 atom stereocenters. The Morgan fingerprint density at radius 2 is 2.00 bits per heavy atom. The lowest BCUT2D eigenvalue weighted by atomic mass is 9.83. The number of methoxy groups -OCH3 is 1. The monoisotopic (exact) mass is 358 g/mol. The predicted molar refractivity (Wildman–Crippen MR) is 86.4 cm³/mol. The third-order valence-corrected chi connectivity index (χ3v) is 5.12. The highest BCUT2D eigenvalue weighted by Gasteiger charge is 2.39. The Balaban J connectivity index is 2.22. The van der Waals surface area contributed by atoms with E-state index in [2.05, 4.69) is 21.4 Å². The fraction of sp³-hybridized carbons (Fsp3) is 0.625. The Labute approximate surface area is 134 Å². The van der Waals surface area contributed by atoms with E-state index in [1.165, 1.54) is 18.9 Å². The second-order valence-electron chi connectivity index (χ2n) is 5.84. The molecular weight excluding hydrogens is 335 g/mol. The van der Waals surface area contributed by atoms with Gasteiger partial charge in [0.1, 0.15) is 5.82 Å². The molecule has 1 unspecified atom stereocenters. The van der Waals surface area contributed by atoms with Crippen molar-refractivity contribution in [2.24, 2.45) is 5.84 Å². The van der Waals surface area contributed by atoms with Gasteiger partial charge in [-0.1, -0.05) is 41.6 Å². The van der Waals surface area contributed by atoms with Crippen molar-refractivity contribution in [1.29, 1.82) is 0 Å². The summed E-state index contributed by atoms with van der Waals surface area (Å²) in [5.41, 5.74) is 3.23. The topological polar surface area (TPSA) is 47.3 Å². The summed E-state index contributed by atoms with van der Waals surface area (Å²) in [7, 11) is 1.74. The van der Waals surface area contributed by atoms with Crippen LogP contribution in [0.15, 0.2) is 22.7 Å². The highest BCUT2D eigenvalue weighted by molar-refractivity contribution is 9.10. The van der Waals surface area contributed by atoms with E-state index in [0.717, 1.165) is 30.2 Å². The quantitative estimate of drug-likeness (QED) is 0.479. The second kappa shape index (κ2) is 7.68. The second-order valence-corrected chi connectivity index (χ2v) is 6.76. The maximum absolute atomic E-state index is 14.0. The van der Waals surface area contributed by atoms with Crippen molar-refractivity contribution in [3.8, 4) is 0 Å². The van der Waals surface area contributed by atoms with Gasteiger partial charge in [-0.15, -0.1) is 0 Å². The minimum Gasteiger partial charge on any atom is -0.377 e. The predicted octanol–water partition coefficient (Wildman–Crippen LogP) is 3.70.